The number of nitrogens with one attached hydrogen (secondary N) is 1. The molecule has 1 amide bonds. The Labute approximate surface area is 185 Å². The van der Waals surface area contributed by atoms with Crippen LogP contribution in [-0.2, 0) is 4.79 Å². The largest absolute Gasteiger partial charge is 0.496 e. The summed E-state index contributed by atoms with van der Waals surface area (Å²) in [6.45, 7) is 8.20. The van der Waals surface area contributed by atoms with Gasteiger partial charge in [-0.05, 0) is 70.5 Å². The van der Waals surface area contributed by atoms with Crippen molar-refractivity contribution in [2.24, 2.45) is 5.41 Å². The molecule has 0 spiro atoms. The summed E-state index contributed by atoms with van der Waals surface area (Å²) >= 11 is 0. The fourth-order valence-electron chi connectivity index (χ4n) is 3.15. The number of hydrogen-bond donors (Lipinski definition) is 2. The van der Waals surface area contributed by atoms with E-state index in [1.165, 1.54) is 20.1 Å². The lowest BCUT2D eigenvalue weighted by Gasteiger charge is -2.17. The summed E-state index contributed by atoms with van der Waals surface area (Å²) in [5, 5.41) is 13.8. The second-order valence-corrected chi connectivity index (χ2v) is 8.55. The highest BCUT2D eigenvalue weighted by molar-refractivity contribution is 6.11. The fourth-order valence-corrected chi connectivity index (χ4v) is 3.15. The van der Waals surface area contributed by atoms with Crippen LogP contribution in [0.25, 0.3) is 10.9 Å². The Kier molecular flexibility index (Phi) is 5.98. The maximum absolute atomic E-state index is 12.7. The zero-order valence-corrected chi connectivity index (χ0v) is 18.9. The normalized spacial score (nSPS) is 11.3. The summed E-state index contributed by atoms with van der Waals surface area (Å²) in [7, 11) is 1.53. The second kappa shape index (κ2) is 8.37. The zero-order chi connectivity index (χ0) is 23.8. The third kappa shape index (κ3) is 4.30. The van der Waals surface area contributed by atoms with Crippen LogP contribution in [0.5, 0.6) is 11.6 Å². The van der Waals surface area contributed by atoms with E-state index >= 15 is 0 Å². The Morgan fingerprint density at radius 3 is 2.34 bits per heavy atom. The molecule has 0 saturated carbocycles. The summed E-state index contributed by atoms with van der Waals surface area (Å²) in [6, 6.07) is 9.81. The number of ether oxygens (including phenoxy) is 1. The molecule has 1 aromatic heterocycles. The summed E-state index contributed by atoms with van der Waals surface area (Å²) < 4.78 is 6.19. The third-order valence-electron chi connectivity index (χ3n) is 4.97. The lowest BCUT2D eigenvalue weighted by Crippen LogP contribution is -2.31. The van der Waals surface area contributed by atoms with E-state index in [0.717, 1.165) is 10.3 Å². The molecule has 0 unspecified atom stereocenters. The highest BCUT2D eigenvalue weighted by Gasteiger charge is 2.28. The average molecular weight is 438 g/mol. The highest BCUT2D eigenvalue weighted by Crippen LogP contribution is 2.33. The summed E-state index contributed by atoms with van der Waals surface area (Å²) in [6.07, 6.45) is 0. The van der Waals surface area contributed by atoms with Gasteiger partial charge in [0.15, 0.2) is 5.78 Å². The first-order chi connectivity index (χ1) is 14.9. The van der Waals surface area contributed by atoms with Gasteiger partial charge in [0.2, 0.25) is 5.88 Å². The van der Waals surface area contributed by atoms with Gasteiger partial charge < -0.3 is 20.0 Å². The molecule has 2 N–H and O–H groups in total. The van der Waals surface area contributed by atoms with E-state index in [9.17, 15) is 19.5 Å². The number of hydrogen-bond acceptors (Lipinski definition) is 6. The monoisotopic (exact) mass is 438 g/mol. The van der Waals surface area contributed by atoms with Gasteiger partial charge in [0.25, 0.3) is 5.91 Å². The lowest BCUT2D eigenvalue weighted by atomic mass is 9.98. The number of amides is 1. The molecule has 8 nitrogen and oxygen atoms in total. The van der Waals surface area contributed by atoms with E-state index in [-0.39, 0.29) is 22.8 Å². The molecule has 0 aliphatic heterocycles. The standard InChI is InChI=1S/C24H26N2O6/c1-13-7-8-15(11-19(13)31-6)21(28)25-16-9-10-17-18(12-16)26(22(29)20(17)14(2)27)32-23(30)24(3,4)5/h7-12,29H,1-6H3,(H,25,28). The predicted octanol–water partition coefficient (Wildman–Crippen LogP) is 4.12. The molecule has 168 valence electrons. The molecule has 0 aliphatic rings. The van der Waals surface area contributed by atoms with Crippen LogP contribution in [0, 0.1) is 12.3 Å². The minimum absolute atomic E-state index is 0.0304. The minimum atomic E-state index is -0.838. The number of methoxy groups -OCH3 is 1. The molecule has 3 aromatic rings. The number of fused-ring (bicyclic) bond motifs is 1. The van der Waals surface area contributed by atoms with E-state index in [0.29, 0.717) is 22.4 Å². The third-order valence-corrected chi connectivity index (χ3v) is 4.97. The molecule has 32 heavy (non-hydrogen) atoms. The van der Waals surface area contributed by atoms with E-state index in [1.807, 2.05) is 6.92 Å². The summed E-state index contributed by atoms with van der Waals surface area (Å²) in [4.78, 5) is 42.7. The molecule has 0 radical (unpaired) electrons. The SMILES string of the molecule is COc1cc(C(=O)Nc2ccc3c(C(C)=O)c(O)n(OC(=O)C(C)(C)C)c3c2)ccc1C. The van der Waals surface area contributed by atoms with Gasteiger partial charge >= 0.3 is 5.97 Å². The number of Topliss-reactive ketones (excluding diaryl/α,β-unsaturated/α-hetero) is 1. The first-order valence-corrected chi connectivity index (χ1v) is 10.0. The van der Waals surface area contributed by atoms with Gasteiger partial charge in [-0.3, -0.25) is 9.59 Å². The van der Waals surface area contributed by atoms with Gasteiger partial charge in [-0.25, -0.2) is 4.79 Å². The molecule has 3 rings (SSSR count). The Morgan fingerprint density at radius 2 is 1.75 bits per heavy atom. The number of nitrogens with zero attached hydrogens (tertiary/aromatic N) is 1. The van der Waals surface area contributed by atoms with Crippen molar-refractivity contribution in [3.63, 3.8) is 0 Å². The van der Waals surface area contributed by atoms with Gasteiger partial charge in [0.05, 0.1) is 23.6 Å². The van der Waals surface area contributed by atoms with Crippen molar-refractivity contribution >= 4 is 34.3 Å². The first kappa shape index (κ1) is 22.9. The number of ketones is 1. The summed E-state index contributed by atoms with van der Waals surface area (Å²) in [5.74, 6) is -1.24. The van der Waals surface area contributed by atoms with Crippen molar-refractivity contribution in [1.82, 2.24) is 4.73 Å². The van der Waals surface area contributed by atoms with Crippen LogP contribution in [-0.4, -0.2) is 34.6 Å². The van der Waals surface area contributed by atoms with Gasteiger partial charge in [-0.2, -0.15) is 0 Å². The van der Waals surface area contributed by atoms with Crippen LogP contribution in [0.4, 0.5) is 5.69 Å². The predicted molar refractivity (Wildman–Crippen MR) is 120 cm³/mol. The molecule has 1 heterocycles. The van der Waals surface area contributed by atoms with E-state index < -0.39 is 17.3 Å². The molecule has 2 aromatic carbocycles. The number of carbonyl (C=O) groups is 3. The Hall–Kier alpha value is -3.81. The Morgan fingerprint density at radius 1 is 1.06 bits per heavy atom. The van der Waals surface area contributed by atoms with Crippen LogP contribution >= 0.6 is 0 Å². The molecule has 8 heteroatoms. The molecule has 0 aliphatic carbocycles. The molecular weight excluding hydrogens is 412 g/mol. The number of aromatic nitrogens is 1. The second-order valence-electron chi connectivity index (χ2n) is 8.55. The van der Waals surface area contributed by atoms with Gasteiger partial charge in [-0.1, -0.05) is 6.07 Å². The van der Waals surface area contributed by atoms with Crippen LogP contribution in [0.2, 0.25) is 0 Å². The number of anilines is 1. The van der Waals surface area contributed by atoms with Gasteiger partial charge in [0.1, 0.15) is 5.75 Å². The van der Waals surface area contributed by atoms with Crippen molar-refractivity contribution in [1.29, 1.82) is 0 Å². The van der Waals surface area contributed by atoms with Gasteiger partial charge in [0, 0.05) is 16.6 Å². The molecule has 0 fully saturated rings. The number of aromatic hydroxyl groups is 1. The quantitative estimate of drug-likeness (QED) is 0.581. The molecule has 0 bridgehead atoms. The van der Waals surface area contributed by atoms with Crippen LogP contribution < -0.4 is 14.9 Å². The number of aryl methyl sites for hydroxylation is 1. The average Bonchev–Trinajstić information content (AvgIpc) is 2.98. The van der Waals surface area contributed by atoms with E-state index in [2.05, 4.69) is 5.32 Å². The topological polar surface area (TPSA) is 107 Å². The van der Waals surface area contributed by atoms with Gasteiger partial charge in [-0.15, -0.1) is 4.73 Å². The van der Waals surface area contributed by atoms with Crippen molar-refractivity contribution in [3.8, 4) is 11.6 Å². The highest BCUT2D eigenvalue weighted by atomic mass is 16.7. The smallest absolute Gasteiger partial charge is 0.338 e. The maximum atomic E-state index is 12.7. The first-order valence-electron chi connectivity index (χ1n) is 10.0. The maximum Gasteiger partial charge on any atom is 0.338 e. The van der Waals surface area contributed by atoms with Crippen molar-refractivity contribution < 1.29 is 29.1 Å². The number of benzene rings is 2. The van der Waals surface area contributed by atoms with Crippen LogP contribution in [0.1, 0.15) is 54.0 Å². The van der Waals surface area contributed by atoms with Crippen molar-refractivity contribution in [3.05, 3.63) is 53.1 Å². The number of rotatable bonds is 5. The van der Waals surface area contributed by atoms with E-state index in [1.54, 1.807) is 51.1 Å². The van der Waals surface area contributed by atoms with Crippen LogP contribution in [0.15, 0.2) is 36.4 Å². The molecule has 0 saturated heterocycles. The van der Waals surface area contributed by atoms with Crippen molar-refractivity contribution in [2.45, 2.75) is 34.6 Å². The molecule has 0 atom stereocenters. The fraction of sp³-hybridized carbons (Fsp3) is 0.292. The summed E-state index contributed by atoms with van der Waals surface area (Å²) in [5.41, 5.74) is 1.15. The lowest BCUT2D eigenvalue weighted by molar-refractivity contribution is -0.153. The van der Waals surface area contributed by atoms with Crippen molar-refractivity contribution in [2.75, 3.05) is 12.4 Å². The zero-order valence-electron chi connectivity index (χ0n) is 18.9. The Balaban J connectivity index is 2.03. The molecular formula is C24H26N2O6. The van der Waals surface area contributed by atoms with Crippen LogP contribution in [0.3, 0.4) is 0 Å². The number of carbonyl (C=O) groups excluding carboxylic acids is 3. The van der Waals surface area contributed by atoms with E-state index in [4.69, 9.17) is 9.57 Å². The minimum Gasteiger partial charge on any atom is -0.496 e. The Bertz CT molecular complexity index is 1230.